The van der Waals surface area contributed by atoms with Crippen LogP contribution in [0.25, 0.3) is 0 Å². The maximum absolute atomic E-state index is 13.0. The minimum absolute atomic E-state index is 0.101. The summed E-state index contributed by atoms with van der Waals surface area (Å²) in [6.45, 7) is 0.768. The zero-order valence-electron chi connectivity index (χ0n) is 16.7. The van der Waals surface area contributed by atoms with Gasteiger partial charge in [-0.25, -0.2) is 4.98 Å². The Morgan fingerprint density at radius 2 is 2.06 bits per heavy atom. The van der Waals surface area contributed by atoms with E-state index in [-0.39, 0.29) is 16.8 Å². The van der Waals surface area contributed by atoms with Crippen molar-refractivity contribution in [2.24, 2.45) is 4.99 Å². The van der Waals surface area contributed by atoms with E-state index in [4.69, 9.17) is 4.99 Å². The van der Waals surface area contributed by atoms with Crippen molar-refractivity contribution in [3.63, 3.8) is 0 Å². The molecule has 4 heterocycles. The molecule has 1 saturated carbocycles. The maximum atomic E-state index is 13.0. The molecular formula is C21H22F3N5OS. The van der Waals surface area contributed by atoms with Crippen LogP contribution < -0.4 is 10.6 Å². The van der Waals surface area contributed by atoms with Crippen molar-refractivity contribution >= 4 is 34.6 Å². The molecule has 0 unspecified atom stereocenters. The first-order valence-corrected chi connectivity index (χ1v) is 11.2. The lowest BCUT2D eigenvalue weighted by Gasteiger charge is -2.38. The van der Waals surface area contributed by atoms with Crippen molar-refractivity contribution in [1.82, 2.24) is 9.88 Å². The van der Waals surface area contributed by atoms with Crippen LogP contribution in [-0.4, -0.2) is 46.3 Å². The number of nitrogens with one attached hydrogen (secondary N) is 2. The van der Waals surface area contributed by atoms with E-state index >= 15 is 0 Å². The molecule has 2 aromatic rings. The Bertz CT molecular complexity index is 1030. The number of rotatable bonds is 2. The summed E-state index contributed by atoms with van der Waals surface area (Å²) in [6, 6.07) is 6.23. The number of amidine groups is 1. The van der Waals surface area contributed by atoms with Gasteiger partial charge in [0.1, 0.15) is 16.3 Å². The summed E-state index contributed by atoms with van der Waals surface area (Å²) in [5.74, 6) is 1.09. The van der Waals surface area contributed by atoms with Gasteiger partial charge < -0.3 is 15.5 Å². The Morgan fingerprint density at radius 1 is 1.26 bits per heavy atom. The van der Waals surface area contributed by atoms with Crippen LogP contribution in [-0.2, 0) is 6.18 Å². The Kier molecular flexibility index (Phi) is 4.91. The van der Waals surface area contributed by atoms with Gasteiger partial charge in [-0.2, -0.15) is 13.2 Å². The molecule has 2 N–H and O–H groups in total. The molecule has 5 rings (SSSR count). The van der Waals surface area contributed by atoms with E-state index in [0.717, 1.165) is 43.3 Å². The predicted molar refractivity (Wildman–Crippen MR) is 114 cm³/mol. The van der Waals surface area contributed by atoms with E-state index in [0.29, 0.717) is 36.7 Å². The van der Waals surface area contributed by atoms with Gasteiger partial charge in [-0.05, 0) is 43.5 Å². The molecule has 3 aliphatic rings. The van der Waals surface area contributed by atoms with Crippen LogP contribution in [0.5, 0.6) is 0 Å². The van der Waals surface area contributed by atoms with Crippen molar-refractivity contribution in [3.05, 3.63) is 40.2 Å². The number of amides is 1. The van der Waals surface area contributed by atoms with E-state index in [2.05, 4.69) is 15.6 Å². The van der Waals surface area contributed by atoms with E-state index < -0.39 is 16.6 Å². The Labute approximate surface area is 181 Å². The molecule has 1 saturated heterocycles. The molecule has 0 aromatic carbocycles. The third-order valence-electron chi connectivity index (χ3n) is 6.16. The van der Waals surface area contributed by atoms with Gasteiger partial charge in [0.2, 0.25) is 0 Å². The molecule has 1 amide bonds. The summed E-state index contributed by atoms with van der Waals surface area (Å²) in [5.41, 5.74) is 0.232. The molecule has 1 spiro atoms. The zero-order chi connectivity index (χ0) is 21.6. The fourth-order valence-corrected chi connectivity index (χ4v) is 5.41. The fraction of sp³-hybridized carbons (Fsp3) is 0.476. The normalized spacial score (nSPS) is 25.0. The summed E-state index contributed by atoms with van der Waals surface area (Å²) in [4.78, 5) is 23.3. The van der Waals surface area contributed by atoms with Gasteiger partial charge in [0, 0.05) is 12.7 Å². The number of thiophene rings is 1. The van der Waals surface area contributed by atoms with E-state index in [1.165, 1.54) is 6.07 Å². The van der Waals surface area contributed by atoms with Gasteiger partial charge in [0.15, 0.2) is 5.82 Å². The number of aromatic nitrogens is 1. The van der Waals surface area contributed by atoms with Gasteiger partial charge in [0.05, 0.1) is 23.2 Å². The van der Waals surface area contributed by atoms with Crippen molar-refractivity contribution in [2.75, 3.05) is 23.7 Å². The van der Waals surface area contributed by atoms with Crippen LogP contribution in [0.1, 0.15) is 46.7 Å². The number of nitrogens with zero attached hydrogens (tertiary/aromatic N) is 3. The number of likely N-dealkylation sites (tertiary alicyclic amines) is 1. The molecular weight excluding hydrogens is 427 g/mol. The Morgan fingerprint density at radius 3 is 2.81 bits per heavy atom. The van der Waals surface area contributed by atoms with E-state index in [1.54, 1.807) is 11.1 Å². The van der Waals surface area contributed by atoms with E-state index in [9.17, 15) is 18.0 Å². The first-order valence-electron chi connectivity index (χ1n) is 10.4. The minimum atomic E-state index is -4.44. The molecule has 2 aliphatic heterocycles. The zero-order valence-corrected chi connectivity index (χ0v) is 17.5. The monoisotopic (exact) mass is 449 g/mol. The standard InChI is InChI=1S/C21H22F3N5OS/c22-21(23,24)16-8-7-15(31-16)18(30)29-11-9-20(12-29)19(26-13-4-1-2-5-13)27-17-14(28-20)6-3-10-25-17/h3,6-8,10,13,28H,1-2,4-5,9,11-12H2,(H,25,26,27)/t20-/m0/s1. The van der Waals surface area contributed by atoms with Crippen LogP contribution in [0.3, 0.4) is 0 Å². The number of hydrogen-bond donors (Lipinski definition) is 2. The van der Waals surface area contributed by atoms with Crippen LogP contribution in [0.4, 0.5) is 24.7 Å². The van der Waals surface area contributed by atoms with Gasteiger partial charge >= 0.3 is 6.18 Å². The number of anilines is 2. The van der Waals surface area contributed by atoms with Gasteiger partial charge in [-0.15, -0.1) is 11.3 Å². The second-order valence-electron chi connectivity index (χ2n) is 8.29. The number of carbonyl (C=O) groups excluding carboxylic acids is 1. The van der Waals surface area contributed by atoms with Crippen molar-refractivity contribution < 1.29 is 18.0 Å². The van der Waals surface area contributed by atoms with Gasteiger partial charge in [-0.3, -0.25) is 9.79 Å². The Hall–Kier alpha value is -2.62. The lowest BCUT2D eigenvalue weighted by Crippen LogP contribution is -2.55. The lowest BCUT2D eigenvalue weighted by molar-refractivity contribution is -0.134. The number of halogens is 3. The SMILES string of the molecule is O=C(c1ccc(C(F)(F)F)s1)N1CC[C@@]2(C1)Nc1cccnc1NC2=NC1CCCC1. The number of fused-ring (bicyclic) bond motifs is 1. The van der Waals surface area contributed by atoms with Crippen LogP contribution in [0.2, 0.25) is 0 Å². The van der Waals surface area contributed by atoms with Crippen molar-refractivity contribution in [3.8, 4) is 0 Å². The highest BCUT2D eigenvalue weighted by Crippen LogP contribution is 2.38. The predicted octanol–water partition coefficient (Wildman–Crippen LogP) is 4.63. The molecule has 10 heteroatoms. The van der Waals surface area contributed by atoms with Crippen molar-refractivity contribution in [2.45, 2.75) is 49.9 Å². The third-order valence-corrected chi connectivity index (χ3v) is 7.28. The lowest BCUT2D eigenvalue weighted by atomic mass is 9.93. The number of hydrogen-bond acceptors (Lipinski definition) is 5. The summed E-state index contributed by atoms with van der Waals surface area (Å²) >= 11 is 0.493. The molecule has 6 nitrogen and oxygen atoms in total. The quantitative estimate of drug-likeness (QED) is 0.702. The fourth-order valence-electron chi connectivity index (χ4n) is 4.57. The van der Waals surface area contributed by atoms with Crippen LogP contribution >= 0.6 is 11.3 Å². The molecule has 1 atom stereocenters. The minimum Gasteiger partial charge on any atom is -0.368 e. The highest BCUT2D eigenvalue weighted by atomic mass is 32.1. The second-order valence-corrected chi connectivity index (χ2v) is 9.37. The number of alkyl halides is 3. The molecule has 2 aromatic heterocycles. The summed E-state index contributed by atoms with van der Waals surface area (Å²) in [7, 11) is 0. The van der Waals surface area contributed by atoms with E-state index in [1.807, 2.05) is 12.1 Å². The molecule has 164 valence electrons. The largest absolute Gasteiger partial charge is 0.425 e. The molecule has 0 radical (unpaired) electrons. The average Bonchev–Trinajstić information content (AvgIpc) is 3.49. The molecule has 2 fully saturated rings. The molecule has 31 heavy (non-hydrogen) atoms. The van der Waals surface area contributed by atoms with Crippen molar-refractivity contribution in [1.29, 1.82) is 0 Å². The first-order chi connectivity index (χ1) is 14.8. The number of aliphatic imine (C=N–C) groups is 1. The maximum Gasteiger partial charge on any atom is 0.425 e. The third kappa shape index (κ3) is 3.77. The first kappa shape index (κ1) is 20.3. The number of pyridine rings is 1. The smallest absolute Gasteiger partial charge is 0.368 e. The Balaban J connectivity index is 1.42. The highest BCUT2D eigenvalue weighted by molar-refractivity contribution is 7.14. The van der Waals surface area contributed by atoms with Crippen LogP contribution in [0.15, 0.2) is 35.5 Å². The molecule has 0 bridgehead atoms. The summed E-state index contributed by atoms with van der Waals surface area (Å²) in [5, 5.41) is 6.91. The van der Waals surface area contributed by atoms with Gasteiger partial charge in [-0.1, -0.05) is 12.8 Å². The topological polar surface area (TPSA) is 69.6 Å². The molecule has 1 aliphatic carbocycles. The highest BCUT2D eigenvalue weighted by Gasteiger charge is 2.48. The average molecular weight is 450 g/mol. The van der Waals surface area contributed by atoms with Crippen LogP contribution in [0, 0.1) is 0 Å². The number of carbonyl (C=O) groups is 1. The summed E-state index contributed by atoms with van der Waals surface area (Å²) < 4.78 is 38.9. The van der Waals surface area contributed by atoms with Gasteiger partial charge in [0.25, 0.3) is 5.91 Å². The summed E-state index contributed by atoms with van der Waals surface area (Å²) in [6.07, 6.45) is 2.26. The second kappa shape index (κ2) is 7.51.